The normalized spacial score (nSPS) is 9.95. The van der Waals surface area contributed by atoms with Crippen molar-refractivity contribution < 1.29 is 9.59 Å². The van der Waals surface area contributed by atoms with Crippen LogP contribution in [0.5, 0.6) is 0 Å². The van der Waals surface area contributed by atoms with Gasteiger partial charge in [0, 0.05) is 23.9 Å². The third-order valence-corrected chi connectivity index (χ3v) is 2.82. The number of anilines is 4. The number of carbonyl (C=O) groups is 2. The lowest BCUT2D eigenvalue weighted by atomic mass is 10.1. The molecule has 0 fully saturated rings. The molecule has 0 aliphatic heterocycles. The van der Waals surface area contributed by atoms with Crippen molar-refractivity contribution in [2.45, 2.75) is 6.92 Å². The fraction of sp³-hybridized carbons (Fsp3) is 0.0667. The Hall–Kier alpha value is -3.02. The molecule has 2 rings (SSSR count). The van der Waals surface area contributed by atoms with Crippen molar-refractivity contribution in [3.8, 4) is 0 Å². The number of nitrogens with one attached hydrogen (secondary N) is 2. The van der Waals surface area contributed by atoms with E-state index in [1.54, 1.807) is 42.5 Å². The largest absolute Gasteiger partial charge is 0.397 e. The zero-order valence-corrected chi connectivity index (χ0v) is 11.5. The highest BCUT2D eigenvalue weighted by atomic mass is 16.1. The zero-order chi connectivity index (χ0) is 15.4. The molecule has 2 amide bonds. The van der Waals surface area contributed by atoms with Gasteiger partial charge >= 0.3 is 0 Å². The minimum Gasteiger partial charge on any atom is -0.397 e. The van der Waals surface area contributed by atoms with Gasteiger partial charge in [0.05, 0.1) is 11.4 Å². The number of nitrogens with two attached hydrogens (primary N) is 2. The highest BCUT2D eigenvalue weighted by Crippen LogP contribution is 2.25. The number of nitrogen functional groups attached to an aromatic ring is 1. The number of primary amides is 1. The Morgan fingerprint density at radius 1 is 1.00 bits per heavy atom. The topological polar surface area (TPSA) is 110 Å². The van der Waals surface area contributed by atoms with E-state index in [2.05, 4.69) is 10.6 Å². The summed E-state index contributed by atoms with van der Waals surface area (Å²) in [6.07, 6.45) is 0. The SMILES string of the molecule is CC(=O)Nc1ccc(Nc2cc(C(N)=O)ccc2N)cc1. The highest BCUT2D eigenvalue weighted by Gasteiger charge is 2.06. The van der Waals surface area contributed by atoms with E-state index in [0.717, 1.165) is 5.69 Å². The van der Waals surface area contributed by atoms with Crippen LogP contribution in [0.3, 0.4) is 0 Å². The van der Waals surface area contributed by atoms with Gasteiger partial charge in [-0.15, -0.1) is 0 Å². The van der Waals surface area contributed by atoms with Crippen LogP contribution < -0.4 is 22.1 Å². The van der Waals surface area contributed by atoms with Gasteiger partial charge in [-0.25, -0.2) is 0 Å². The summed E-state index contributed by atoms with van der Waals surface area (Å²) in [4.78, 5) is 22.1. The van der Waals surface area contributed by atoms with Crippen molar-refractivity contribution in [3.05, 3.63) is 48.0 Å². The van der Waals surface area contributed by atoms with E-state index in [1.165, 1.54) is 6.92 Å². The molecule has 21 heavy (non-hydrogen) atoms. The van der Waals surface area contributed by atoms with Gasteiger partial charge in [-0.2, -0.15) is 0 Å². The van der Waals surface area contributed by atoms with Crippen LogP contribution in [0.4, 0.5) is 22.7 Å². The van der Waals surface area contributed by atoms with E-state index in [0.29, 0.717) is 22.6 Å². The number of amides is 2. The minimum absolute atomic E-state index is 0.130. The number of benzene rings is 2. The molecule has 6 N–H and O–H groups in total. The van der Waals surface area contributed by atoms with Crippen LogP contribution in [0.15, 0.2) is 42.5 Å². The summed E-state index contributed by atoms with van der Waals surface area (Å²) in [7, 11) is 0. The summed E-state index contributed by atoms with van der Waals surface area (Å²) < 4.78 is 0. The molecule has 0 aliphatic rings. The van der Waals surface area contributed by atoms with Crippen LogP contribution in [0.2, 0.25) is 0 Å². The molecule has 0 saturated heterocycles. The molecule has 6 nitrogen and oxygen atoms in total. The Morgan fingerprint density at radius 3 is 2.19 bits per heavy atom. The highest BCUT2D eigenvalue weighted by molar-refractivity contribution is 5.95. The molecule has 0 heterocycles. The van der Waals surface area contributed by atoms with E-state index >= 15 is 0 Å². The monoisotopic (exact) mass is 284 g/mol. The van der Waals surface area contributed by atoms with Crippen LogP contribution >= 0.6 is 0 Å². The molecule has 0 spiro atoms. The van der Waals surface area contributed by atoms with Gasteiger partial charge in [0.2, 0.25) is 11.8 Å². The van der Waals surface area contributed by atoms with Gasteiger partial charge in [0.25, 0.3) is 0 Å². The summed E-state index contributed by atoms with van der Waals surface area (Å²) in [6, 6.07) is 11.9. The minimum atomic E-state index is -0.515. The predicted octanol–water partition coefficient (Wildman–Crippen LogP) is 2.07. The van der Waals surface area contributed by atoms with Crippen molar-refractivity contribution in [1.82, 2.24) is 0 Å². The van der Waals surface area contributed by atoms with E-state index in [9.17, 15) is 9.59 Å². The molecular formula is C15H16N4O2. The van der Waals surface area contributed by atoms with Crippen molar-refractivity contribution in [3.63, 3.8) is 0 Å². The van der Waals surface area contributed by atoms with E-state index in [1.807, 2.05) is 0 Å². The predicted molar refractivity (Wildman–Crippen MR) is 83.4 cm³/mol. The van der Waals surface area contributed by atoms with Gasteiger partial charge < -0.3 is 22.1 Å². The summed E-state index contributed by atoms with van der Waals surface area (Å²) in [5.74, 6) is -0.645. The van der Waals surface area contributed by atoms with Crippen LogP contribution in [-0.2, 0) is 4.79 Å². The average Bonchev–Trinajstić information content (AvgIpc) is 2.42. The average molecular weight is 284 g/mol. The molecule has 2 aromatic carbocycles. The van der Waals surface area contributed by atoms with E-state index in [-0.39, 0.29) is 5.91 Å². The first kappa shape index (κ1) is 14.4. The van der Waals surface area contributed by atoms with Crippen molar-refractivity contribution in [1.29, 1.82) is 0 Å². The standard InChI is InChI=1S/C15H16N4O2/c1-9(20)18-11-3-5-12(6-4-11)19-14-8-10(15(17)21)2-7-13(14)16/h2-8,19H,16H2,1H3,(H2,17,21)(H,18,20). The Balaban J connectivity index is 2.19. The second-order valence-corrected chi connectivity index (χ2v) is 4.55. The van der Waals surface area contributed by atoms with Crippen LogP contribution in [0.25, 0.3) is 0 Å². The van der Waals surface area contributed by atoms with Gasteiger partial charge in [0.15, 0.2) is 0 Å². The second-order valence-electron chi connectivity index (χ2n) is 4.55. The zero-order valence-electron chi connectivity index (χ0n) is 11.5. The van der Waals surface area contributed by atoms with Gasteiger partial charge in [-0.1, -0.05) is 0 Å². The van der Waals surface area contributed by atoms with E-state index < -0.39 is 5.91 Å². The first-order valence-corrected chi connectivity index (χ1v) is 6.29. The van der Waals surface area contributed by atoms with Gasteiger partial charge in [-0.05, 0) is 42.5 Å². The molecule has 0 atom stereocenters. The maximum atomic E-state index is 11.2. The van der Waals surface area contributed by atoms with Crippen LogP contribution in [-0.4, -0.2) is 11.8 Å². The van der Waals surface area contributed by atoms with Gasteiger partial charge in [0.1, 0.15) is 0 Å². The fourth-order valence-corrected chi connectivity index (χ4v) is 1.81. The molecule has 0 radical (unpaired) electrons. The van der Waals surface area contributed by atoms with Crippen molar-refractivity contribution >= 4 is 34.6 Å². The van der Waals surface area contributed by atoms with Crippen LogP contribution in [0.1, 0.15) is 17.3 Å². The Kier molecular flexibility index (Phi) is 4.08. The molecule has 0 bridgehead atoms. The first-order valence-electron chi connectivity index (χ1n) is 6.29. The molecule has 0 saturated carbocycles. The van der Waals surface area contributed by atoms with Crippen molar-refractivity contribution in [2.75, 3.05) is 16.4 Å². The quantitative estimate of drug-likeness (QED) is 0.644. The molecule has 108 valence electrons. The Bertz CT molecular complexity index is 681. The Labute approximate surface area is 122 Å². The Morgan fingerprint density at radius 2 is 1.62 bits per heavy atom. The molecule has 0 unspecified atom stereocenters. The summed E-state index contributed by atoms with van der Waals surface area (Å²) in [6.45, 7) is 1.45. The summed E-state index contributed by atoms with van der Waals surface area (Å²) in [5, 5.41) is 5.78. The van der Waals surface area contributed by atoms with Crippen LogP contribution in [0, 0.1) is 0 Å². The molecule has 6 heteroatoms. The van der Waals surface area contributed by atoms with E-state index in [4.69, 9.17) is 11.5 Å². The fourth-order valence-electron chi connectivity index (χ4n) is 1.81. The third kappa shape index (κ3) is 3.73. The molecule has 0 aromatic heterocycles. The molecule has 0 aliphatic carbocycles. The van der Waals surface area contributed by atoms with Crippen molar-refractivity contribution in [2.24, 2.45) is 5.73 Å². The third-order valence-electron chi connectivity index (χ3n) is 2.82. The number of hydrogen-bond donors (Lipinski definition) is 4. The summed E-state index contributed by atoms with van der Waals surface area (Å²) in [5.41, 5.74) is 14.1. The number of carbonyl (C=O) groups excluding carboxylic acids is 2. The smallest absolute Gasteiger partial charge is 0.248 e. The number of hydrogen-bond acceptors (Lipinski definition) is 4. The lowest BCUT2D eigenvalue weighted by molar-refractivity contribution is -0.114. The molecular weight excluding hydrogens is 268 g/mol. The maximum absolute atomic E-state index is 11.2. The molecule has 2 aromatic rings. The van der Waals surface area contributed by atoms with Gasteiger partial charge in [-0.3, -0.25) is 9.59 Å². The maximum Gasteiger partial charge on any atom is 0.248 e. The number of rotatable bonds is 4. The lowest BCUT2D eigenvalue weighted by Gasteiger charge is -2.11. The lowest BCUT2D eigenvalue weighted by Crippen LogP contribution is -2.11. The second kappa shape index (κ2) is 5.96. The first-order chi connectivity index (χ1) is 9.95. The summed E-state index contributed by atoms with van der Waals surface area (Å²) >= 11 is 0.